The van der Waals surface area contributed by atoms with Gasteiger partial charge in [-0.2, -0.15) is 0 Å². The monoisotopic (exact) mass is 282 g/mol. The van der Waals surface area contributed by atoms with Gasteiger partial charge in [-0.1, -0.05) is 88.3 Å². The van der Waals surface area contributed by atoms with E-state index in [-0.39, 0.29) is 0 Å². The molecule has 0 nitrogen and oxygen atoms in total. The van der Waals surface area contributed by atoms with E-state index in [2.05, 4.69) is 50.2 Å². The van der Waals surface area contributed by atoms with E-state index in [1.54, 1.807) is 5.56 Å². The Morgan fingerprint density at radius 1 is 0.714 bits per heavy atom. The van der Waals surface area contributed by atoms with Gasteiger partial charge in [0.2, 0.25) is 0 Å². The first-order valence-corrected chi connectivity index (χ1v) is 8.80. The molecule has 0 radical (unpaired) electrons. The van der Waals surface area contributed by atoms with Crippen LogP contribution in [0, 0.1) is 6.92 Å². The van der Waals surface area contributed by atoms with Gasteiger partial charge in [-0.3, -0.25) is 0 Å². The van der Waals surface area contributed by atoms with E-state index >= 15 is 0 Å². The highest BCUT2D eigenvalue weighted by molar-refractivity contribution is 5.86. The molecule has 2 aromatic carbocycles. The van der Waals surface area contributed by atoms with Crippen LogP contribution < -0.4 is 0 Å². The molecule has 0 heterocycles. The molecule has 114 valence electrons. The van der Waals surface area contributed by atoms with E-state index in [9.17, 15) is 0 Å². The number of unbranched alkanes of at least 4 members (excludes halogenated alkanes) is 7. The lowest BCUT2D eigenvalue weighted by atomic mass is 9.95. The van der Waals surface area contributed by atoms with Crippen molar-refractivity contribution in [1.82, 2.24) is 0 Å². The summed E-state index contributed by atoms with van der Waals surface area (Å²) in [5, 5.41) is 2.85. The van der Waals surface area contributed by atoms with E-state index in [1.807, 2.05) is 0 Å². The zero-order valence-corrected chi connectivity index (χ0v) is 13.8. The first kappa shape index (κ1) is 16.1. The number of hydrogen-bond acceptors (Lipinski definition) is 0. The topological polar surface area (TPSA) is 0 Å². The Hall–Kier alpha value is -1.30. The van der Waals surface area contributed by atoms with E-state index in [4.69, 9.17) is 0 Å². The SMILES string of the molecule is CCCCCCCCCCc1c(C)ccc2ccccc12. The van der Waals surface area contributed by atoms with Gasteiger partial charge in [-0.05, 0) is 41.7 Å². The van der Waals surface area contributed by atoms with Gasteiger partial charge in [-0.15, -0.1) is 0 Å². The predicted molar refractivity (Wildman–Crippen MR) is 95.0 cm³/mol. The third-order valence-electron chi connectivity index (χ3n) is 4.56. The van der Waals surface area contributed by atoms with Crippen LogP contribution in [-0.2, 0) is 6.42 Å². The van der Waals surface area contributed by atoms with Crippen LogP contribution in [-0.4, -0.2) is 0 Å². The highest BCUT2D eigenvalue weighted by Gasteiger charge is 2.04. The summed E-state index contributed by atoms with van der Waals surface area (Å²) in [7, 11) is 0. The van der Waals surface area contributed by atoms with Crippen LogP contribution in [0.3, 0.4) is 0 Å². The standard InChI is InChI=1S/C21H30/c1-3-4-5-6-7-8-9-10-14-20-18(2)16-17-19-13-11-12-15-21(19)20/h11-13,15-17H,3-10,14H2,1-2H3. The van der Waals surface area contributed by atoms with Crippen LogP contribution in [0.25, 0.3) is 10.8 Å². The Bertz CT molecular complexity index is 539. The third kappa shape index (κ3) is 4.88. The Kier molecular flexibility index (Phi) is 6.79. The van der Waals surface area contributed by atoms with Crippen molar-refractivity contribution in [2.45, 2.75) is 71.6 Å². The number of fused-ring (bicyclic) bond motifs is 1. The molecule has 0 aliphatic rings. The van der Waals surface area contributed by atoms with Gasteiger partial charge >= 0.3 is 0 Å². The molecule has 0 fully saturated rings. The lowest BCUT2D eigenvalue weighted by Gasteiger charge is -2.10. The van der Waals surface area contributed by atoms with E-state index in [0.717, 1.165) is 0 Å². The second-order valence-corrected chi connectivity index (χ2v) is 6.31. The van der Waals surface area contributed by atoms with Crippen LogP contribution in [0.2, 0.25) is 0 Å². The Balaban J connectivity index is 1.79. The minimum atomic E-state index is 1.24. The molecule has 0 aliphatic heterocycles. The molecule has 0 amide bonds. The predicted octanol–water partition coefficient (Wildman–Crippen LogP) is 6.83. The average molecular weight is 282 g/mol. The largest absolute Gasteiger partial charge is 0.0654 e. The van der Waals surface area contributed by atoms with Crippen molar-refractivity contribution < 1.29 is 0 Å². The molecule has 0 atom stereocenters. The van der Waals surface area contributed by atoms with Gasteiger partial charge < -0.3 is 0 Å². The molecule has 0 saturated heterocycles. The van der Waals surface area contributed by atoms with E-state index < -0.39 is 0 Å². The molecule has 0 bridgehead atoms. The van der Waals surface area contributed by atoms with E-state index in [0.29, 0.717) is 0 Å². The summed E-state index contributed by atoms with van der Waals surface area (Å²) < 4.78 is 0. The van der Waals surface area contributed by atoms with Crippen molar-refractivity contribution in [2.24, 2.45) is 0 Å². The fourth-order valence-corrected chi connectivity index (χ4v) is 3.21. The third-order valence-corrected chi connectivity index (χ3v) is 4.56. The quantitative estimate of drug-likeness (QED) is 0.442. The molecular formula is C21H30. The second-order valence-electron chi connectivity index (χ2n) is 6.31. The first-order chi connectivity index (χ1) is 10.3. The second kappa shape index (κ2) is 8.87. The Morgan fingerprint density at radius 3 is 2.14 bits per heavy atom. The number of aryl methyl sites for hydroxylation is 2. The van der Waals surface area contributed by atoms with Gasteiger partial charge in [0, 0.05) is 0 Å². The number of hydrogen-bond donors (Lipinski definition) is 0. The fraction of sp³-hybridized carbons (Fsp3) is 0.524. The molecule has 2 rings (SSSR count). The Morgan fingerprint density at radius 2 is 1.38 bits per heavy atom. The lowest BCUT2D eigenvalue weighted by Crippen LogP contribution is -1.92. The van der Waals surface area contributed by atoms with Gasteiger partial charge in [0.1, 0.15) is 0 Å². The van der Waals surface area contributed by atoms with Gasteiger partial charge in [-0.25, -0.2) is 0 Å². The van der Waals surface area contributed by atoms with Crippen molar-refractivity contribution in [3.8, 4) is 0 Å². The van der Waals surface area contributed by atoms with Crippen molar-refractivity contribution in [1.29, 1.82) is 0 Å². The van der Waals surface area contributed by atoms with E-state index in [1.165, 1.54) is 74.1 Å². The van der Waals surface area contributed by atoms with Crippen LogP contribution in [0.1, 0.15) is 69.4 Å². The maximum atomic E-state index is 2.28. The summed E-state index contributed by atoms with van der Waals surface area (Å²) in [5.41, 5.74) is 3.02. The highest BCUT2D eigenvalue weighted by atomic mass is 14.1. The first-order valence-electron chi connectivity index (χ1n) is 8.80. The van der Waals surface area contributed by atoms with Crippen molar-refractivity contribution >= 4 is 10.8 Å². The van der Waals surface area contributed by atoms with Gasteiger partial charge in [0.05, 0.1) is 0 Å². The molecule has 0 heteroatoms. The molecule has 0 N–H and O–H groups in total. The highest BCUT2D eigenvalue weighted by Crippen LogP contribution is 2.24. The molecule has 0 saturated carbocycles. The zero-order chi connectivity index (χ0) is 14.9. The normalized spacial score (nSPS) is 11.1. The maximum Gasteiger partial charge on any atom is -0.0149 e. The van der Waals surface area contributed by atoms with Crippen LogP contribution >= 0.6 is 0 Å². The summed E-state index contributed by atoms with van der Waals surface area (Å²) in [6.07, 6.45) is 12.4. The smallest absolute Gasteiger partial charge is 0.0149 e. The summed E-state index contributed by atoms with van der Waals surface area (Å²) in [4.78, 5) is 0. The van der Waals surface area contributed by atoms with Crippen LogP contribution in [0.4, 0.5) is 0 Å². The van der Waals surface area contributed by atoms with Crippen molar-refractivity contribution in [3.63, 3.8) is 0 Å². The number of rotatable bonds is 9. The summed E-state index contributed by atoms with van der Waals surface area (Å²) in [6.45, 7) is 4.54. The summed E-state index contributed by atoms with van der Waals surface area (Å²) in [6, 6.07) is 13.3. The molecule has 0 aromatic heterocycles. The molecule has 0 unspecified atom stereocenters. The molecule has 0 spiro atoms. The average Bonchev–Trinajstić information content (AvgIpc) is 2.51. The van der Waals surface area contributed by atoms with Crippen molar-refractivity contribution in [2.75, 3.05) is 0 Å². The van der Waals surface area contributed by atoms with Gasteiger partial charge in [0.15, 0.2) is 0 Å². The van der Waals surface area contributed by atoms with Crippen molar-refractivity contribution in [3.05, 3.63) is 47.5 Å². The maximum absolute atomic E-state index is 2.28. The van der Waals surface area contributed by atoms with Crippen LogP contribution in [0.15, 0.2) is 36.4 Å². The lowest BCUT2D eigenvalue weighted by molar-refractivity contribution is 0.575. The minimum Gasteiger partial charge on any atom is -0.0654 e. The van der Waals surface area contributed by atoms with Gasteiger partial charge in [0.25, 0.3) is 0 Å². The molecule has 21 heavy (non-hydrogen) atoms. The molecule has 0 aliphatic carbocycles. The molecule has 2 aromatic rings. The van der Waals surface area contributed by atoms with Crippen LogP contribution in [0.5, 0.6) is 0 Å². The fourth-order valence-electron chi connectivity index (χ4n) is 3.21. The number of benzene rings is 2. The minimum absolute atomic E-state index is 1.24. The Labute approximate surface area is 130 Å². The zero-order valence-electron chi connectivity index (χ0n) is 13.8. The summed E-state index contributed by atoms with van der Waals surface area (Å²) in [5.74, 6) is 0. The summed E-state index contributed by atoms with van der Waals surface area (Å²) >= 11 is 0. The molecular weight excluding hydrogens is 252 g/mol.